The molecular weight excluding hydrogens is 336 g/mol. The van der Waals surface area contributed by atoms with Crippen LogP contribution in [0.2, 0.25) is 0 Å². The number of aryl methyl sites for hydroxylation is 2. The fourth-order valence-corrected chi connectivity index (χ4v) is 2.41. The molecule has 0 radical (unpaired) electrons. The van der Waals surface area contributed by atoms with Crippen molar-refractivity contribution in [3.8, 4) is 5.88 Å². The summed E-state index contributed by atoms with van der Waals surface area (Å²) in [4.78, 5) is 31.5. The largest absolute Gasteiger partial charge is 0.480 e. The first-order chi connectivity index (χ1) is 12.2. The first kappa shape index (κ1) is 19.0. The van der Waals surface area contributed by atoms with Gasteiger partial charge in [-0.25, -0.2) is 0 Å². The number of hydrogen-bond donors (Lipinski definition) is 4. The number of primary amides is 2. The maximum absolute atomic E-state index is 11.9. The highest BCUT2D eigenvalue weighted by Gasteiger charge is 2.21. The van der Waals surface area contributed by atoms with Crippen LogP contribution in [0.25, 0.3) is 0 Å². The van der Waals surface area contributed by atoms with Gasteiger partial charge in [-0.05, 0) is 44.0 Å². The van der Waals surface area contributed by atoms with Gasteiger partial charge < -0.3 is 26.8 Å². The van der Waals surface area contributed by atoms with Gasteiger partial charge in [0.1, 0.15) is 11.6 Å². The molecule has 138 valence electrons. The number of carbonyl (C=O) groups is 2. The van der Waals surface area contributed by atoms with Gasteiger partial charge in [-0.3, -0.25) is 9.59 Å². The molecule has 1 aromatic carbocycles. The third-order valence-corrected chi connectivity index (χ3v) is 3.57. The molecule has 1 aromatic heterocycles. The van der Waals surface area contributed by atoms with Crippen LogP contribution in [0.3, 0.4) is 0 Å². The number of carbonyl (C=O) groups excluding carboxylic acids is 2. The number of amides is 2. The van der Waals surface area contributed by atoms with E-state index in [2.05, 4.69) is 20.6 Å². The summed E-state index contributed by atoms with van der Waals surface area (Å²) in [5.41, 5.74) is 13.5. The van der Waals surface area contributed by atoms with E-state index in [9.17, 15) is 9.59 Å². The van der Waals surface area contributed by atoms with Crippen molar-refractivity contribution in [1.82, 2.24) is 9.97 Å². The van der Waals surface area contributed by atoms with Crippen molar-refractivity contribution in [2.24, 2.45) is 11.5 Å². The van der Waals surface area contributed by atoms with E-state index in [1.54, 1.807) is 6.92 Å². The van der Waals surface area contributed by atoms with Crippen LogP contribution in [0.1, 0.15) is 28.4 Å². The zero-order valence-corrected chi connectivity index (χ0v) is 15.1. The molecule has 26 heavy (non-hydrogen) atoms. The Kier molecular flexibility index (Phi) is 5.61. The number of anilines is 3. The monoisotopic (exact) mass is 358 g/mol. The van der Waals surface area contributed by atoms with Crippen molar-refractivity contribution in [2.75, 3.05) is 17.7 Å². The van der Waals surface area contributed by atoms with Crippen LogP contribution in [0.4, 0.5) is 17.5 Å². The average Bonchev–Trinajstić information content (AvgIpc) is 2.52. The van der Waals surface area contributed by atoms with E-state index in [1.165, 1.54) is 7.11 Å². The molecule has 0 saturated carbocycles. The lowest BCUT2D eigenvalue weighted by Gasteiger charge is -2.16. The minimum atomic E-state index is -0.747. The number of aromatic nitrogens is 2. The summed E-state index contributed by atoms with van der Waals surface area (Å²) in [6.07, 6.45) is 0. The van der Waals surface area contributed by atoms with E-state index < -0.39 is 17.9 Å². The summed E-state index contributed by atoms with van der Waals surface area (Å²) < 4.78 is 5.17. The molecule has 2 amide bonds. The second-order valence-corrected chi connectivity index (χ2v) is 5.91. The molecule has 2 aromatic rings. The van der Waals surface area contributed by atoms with E-state index in [-0.39, 0.29) is 23.2 Å². The van der Waals surface area contributed by atoms with Crippen molar-refractivity contribution in [1.29, 1.82) is 0 Å². The topological polar surface area (TPSA) is 145 Å². The summed E-state index contributed by atoms with van der Waals surface area (Å²) in [6, 6.07) is 5.09. The Hall–Kier alpha value is -3.36. The summed E-state index contributed by atoms with van der Waals surface area (Å²) in [5, 5.41) is 5.83. The highest BCUT2D eigenvalue weighted by molar-refractivity contribution is 6.00. The number of hydrogen-bond acceptors (Lipinski definition) is 7. The molecule has 0 spiro atoms. The number of nitrogens with zero attached hydrogens (tertiary/aromatic N) is 2. The summed E-state index contributed by atoms with van der Waals surface area (Å²) in [7, 11) is 1.36. The van der Waals surface area contributed by atoms with Crippen LogP contribution >= 0.6 is 0 Å². The molecule has 0 aliphatic carbocycles. The molecule has 9 nitrogen and oxygen atoms in total. The van der Waals surface area contributed by atoms with Gasteiger partial charge in [0.2, 0.25) is 17.7 Å². The summed E-state index contributed by atoms with van der Waals surface area (Å²) in [6.45, 7) is 5.47. The number of rotatable bonds is 7. The molecule has 1 unspecified atom stereocenters. The maximum atomic E-state index is 11.9. The number of nitrogens with two attached hydrogens (primary N) is 2. The van der Waals surface area contributed by atoms with Gasteiger partial charge >= 0.3 is 0 Å². The van der Waals surface area contributed by atoms with Crippen molar-refractivity contribution in [3.63, 3.8) is 0 Å². The molecule has 0 fully saturated rings. The molecule has 6 N–H and O–H groups in total. The standard InChI is InChI=1S/C17H22N6O3/c1-8-5-9(2)7-11(6-8)21-15-12(14(19)25)16(26-4)23-17(22-15)20-10(3)13(18)24/h5-7,10H,1-4H3,(H2,18,24)(H2,19,25)(H2,20,21,22,23). The van der Waals surface area contributed by atoms with Crippen LogP contribution in [0, 0.1) is 13.8 Å². The lowest BCUT2D eigenvalue weighted by Crippen LogP contribution is -2.33. The highest BCUT2D eigenvalue weighted by atomic mass is 16.5. The van der Waals surface area contributed by atoms with E-state index in [4.69, 9.17) is 16.2 Å². The van der Waals surface area contributed by atoms with Crippen LogP contribution in [0.5, 0.6) is 5.88 Å². The minimum absolute atomic E-state index is 0.00365. The summed E-state index contributed by atoms with van der Waals surface area (Å²) >= 11 is 0. The van der Waals surface area contributed by atoms with Gasteiger partial charge in [-0.2, -0.15) is 9.97 Å². The van der Waals surface area contributed by atoms with E-state index in [0.717, 1.165) is 16.8 Å². The smallest absolute Gasteiger partial charge is 0.258 e. The third-order valence-electron chi connectivity index (χ3n) is 3.57. The number of ether oxygens (including phenoxy) is 1. The lowest BCUT2D eigenvalue weighted by atomic mass is 10.1. The predicted octanol–water partition coefficient (Wildman–Crippen LogP) is 1.23. The van der Waals surface area contributed by atoms with Crippen molar-refractivity contribution >= 4 is 29.3 Å². The van der Waals surface area contributed by atoms with E-state index in [0.29, 0.717) is 0 Å². The molecular formula is C17H22N6O3. The average molecular weight is 358 g/mol. The quantitative estimate of drug-likeness (QED) is 0.582. The molecule has 0 aliphatic heterocycles. The fraction of sp³-hybridized carbons (Fsp3) is 0.294. The predicted molar refractivity (Wildman–Crippen MR) is 98.6 cm³/mol. The lowest BCUT2D eigenvalue weighted by molar-refractivity contribution is -0.118. The molecule has 2 rings (SSSR count). The molecule has 0 saturated heterocycles. The van der Waals surface area contributed by atoms with Gasteiger partial charge in [-0.15, -0.1) is 0 Å². The Morgan fingerprint density at radius 3 is 2.23 bits per heavy atom. The number of methoxy groups -OCH3 is 1. The Morgan fingerprint density at radius 1 is 1.12 bits per heavy atom. The number of nitrogens with one attached hydrogen (secondary N) is 2. The number of benzene rings is 1. The van der Waals surface area contributed by atoms with Gasteiger partial charge in [0.25, 0.3) is 5.91 Å². The zero-order valence-electron chi connectivity index (χ0n) is 15.1. The normalized spacial score (nSPS) is 11.5. The SMILES string of the molecule is COc1nc(NC(C)C(N)=O)nc(Nc2cc(C)cc(C)c2)c1C(N)=O. The van der Waals surface area contributed by atoms with Crippen LogP contribution in [-0.4, -0.2) is 34.9 Å². The summed E-state index contributed by atoms with van der Waals surface area (Å²) in [5.74, 6) is -1.10. The van der Waals surface area contributed by atoms with Gasteiger partial charge in [0.05, 0.1) is 7.11 Å². The Labute approximate surface area is 151 Å². The van der Waals surface area contributed by atoms with Crippen molar-refractivity contribution in [3.05, 3.63) is 34.9 Å². The highest BCUT2D eigenvalue weighted by Crippen LogP contribution is 2.28. The van der Waals surface area contributed by atoms with Gasteiger partial charge in [-0.1, -0.05) is 6.07 Å². The first-order valence-corrected chi connectivity index (χ1v) is 7.88. The molecule has 1 heterocycles. The first-order valence-electron chi connectivity index (χ1n) is 7.88. The van der Waals surface area contributed by atoms with Gasteiger partial charge in [0.15, 0.2) is 5.82 Å². The van der Waals surface area contributed by atoms with E-state index in [1.807, 2.05) is 32.0 Å². The second-order valence-electron chi connectivity index (χ2n) is 5.91. The fourth-order valence-electron chi connectivity index (χ4n) is 2.41. The Balaban J connectivity index is 2.52. The van der Waals surface area contributed by atoms with Crippen LogP contribution in [0.15, 0.2) is 18.2 Å². The van der Waals surface area contributed by atoms with Gasteiger partial charge in [0, 0.05) is 5.69 Å². The van der Waals surface area contributed by atoms with Crippen LogP contribution < -0.4 is 26.8 Å². The third kappa shape index (κ3) is 4.38. The van der Waals surface area contributed by atoms with Crippen LogP contribution in [-0.2, 0) is 4.79 Å². The molecule has 1 atom stereocenters. The molecule has 0 aliphatic rings. The zero-order chi connectivity index (χ0) is 19.4. The molecule has 9 heteroatoms. The Morgan fingerprint density at radius 2 is 1.73 bits per heavy atom. The van der Waals surface area contributed by atoms with Crippen molar-refractivity contribution in [2.45, 2.75) is 26.8 Å². The maximum Gasteiger partial charge on any atom is 0.258 e. The molecule has 0 bridgehead atoms. The minimum Gasteiger partial charge on any atom is -0.480 e. The second kappa shape index (κ2) is 7.68. The van der Waals surface area contributed by atoms with Crippen molar-refractivity contribution < 1.29 is 14.3 Å². The van der Waals surface area contributed by atoms with E-state index >= 15 is 0 Å². The Bertz CT molecular complexity index is 832.